The Balaban J connectivity index is 1.60. The Hall–Kier alpha value is -2.34. The molecule has 1 aromatic heterocycles. The highest BCUT2D eigenvalue weighted by molar-refractivity contribution is 5.94. The number of aryl methyl sites for hydroxylation is 2. The number of aliphatic hydroxyl groups is 1. The summed E-state index contributed by atoms with van der Waals surface area (Å²) in [6.07, 6.45) is 1.00. The molecule has 1 amide bonds. The molecule has 1 aliphatic rings. The molecule has 1 aromatic carbocycles. The fourth-order valence-electron chi connectivity index (χ4n) is 2.81. The summed E-state index contributed by atoms with van der Waals surface area (Å²) >= 11 is 0. The Morgan fingerprint density at radius 3 is 2.54 bits per heavy atom. The summed E-state index contributed by atoms with van der Waals surface area (Å²) in [7, 11) is 0. The molecule has 1 fully saturated rings. The van der Waals surface area contributed by atoms with E-state index in [9.17, 15) is 9.90 Å². The number of carbonyl (C=O) groups excluding carboxylic acids is 1. The average molecular weight is 330 g/mol. The molecule has 0 unspecified atom stereocenters. The zero-order chi connectivity index (χ0) is 17.1. The van der Waals surface area contributed by atoms with Gasteiger partial charge in [0.05, 0.1) is 17.4 Å². The van der Waals surface area contributed by atoms with E-state index in [1.807, 2.05) is 13.8 Å². The number of aliphatic hydroxyl groups excluding tert-OH is 1. The van der Waals surface area contributed by atoms with Gasteiger partial charge in [0.2, 0.25) is 0 Å². The molecule has 3 rings (SSSR count). The number of aromatic nitrogens is 1. The summed E-state index contributed by atoms with van der Waals surface area (Å²) in [4.78, 5) is 14.2. The fraction of sp³-hybridized carbons (Fsp3) is 0.444. The largest absolute Gasteiger partial charge is 0.489 e. The lowest BCUT2D eigenvalue weighted by atomic mass is 10.1. The van der Waals surface area contributed by atoms with Crippen LogP contribution >= 0.6 is 0 Å². The van der Waals surface area contributed by atoms with E-state index in [0.717, 1.165) is 17.0 Å². The number of benzene rings is 1. The van der Waals surface area contributed by atoms with Gasteiger partial charge in [0.1, 0.15) is 18.1 Å². The lowest BCUT2D eigenvalue weighted by Crippen LogP contribution is -2.40. The van der Waals surface area contributed by atoms with E-state index in [1.165, 1.54) is 0 Å². The number of hydrogen-bond donors (Lipinski definition) is 1. The predicted molar refractivity (Wildman–Crippen MR) is 87.9 cm³/mol. The normalized spacial score (nSPS) is 15.5. The highest BCUT2D eigenvalue weighted by atomic mass is 16.5. The number of amides is 1. The van der Waals surface area contributed by atoms with Crippen molar-refractivity contribution in [3.8, 4) is 5.75 Å². The maximum absolute atomic E-state index is 12.4. The molecule has 6 heteroatoms. The Morgan fingerprint density at radius 1 is 1.29 bits per heavy atom. The van der Waals surface area contributed by atoms with E-state index >= 15 is 0 Å². The zero-order valence-corrected chi connectivity index (χ0v) is 14.0. The molecular formula is C18H22N2O4. The van der Waals surface area contributed by atoms with Crippen LogP contribution in [-0.2, 0) is 6.61 Å². The first kappa shape index (κ1) is 16.5. The first-order chi connectivity index (χ1) is 11.5. The van der Waals surface area contributed by atoms with Crippen molar-refractivity contribution in [2.45, 2.75) is 39.4 Å². The second kappa shape index (κ2) is 7.05. The van der Waals surface area contributed by atoms with Crippen LogP contribution in [0.3, 0.4) is 0 Å². The van der Waals surface area contributed by atoms with Crippen LogP contribution in [0.15, 0.2) is 28.8 Å². The molecule has 0 bridgehead atoms. The van der Waals surface area contributed by atoms with Crippen LogP contribution < -0.4 is 4.74 Å². The van der Waals surface area contributed by atoms with Gasteiger partial charge in [-0.15, -0.1) is 0 Å². The summed E-state index contributed by atoms with van der Waals surface area (Å²) in [5.74, 6) is 1.45. The van der Waals surface area contributed by atoms with Gasteiger partial charge in [-0.25, -0.2) is 0 Å². The van der Waals surface area contributed by atoms with Gasteiger partial charge in [0, 0.05) is 18.7 Å². The van der Waals surface area contributed by atoms with Crippen LogP contribution in [0.25, 0.3) is 0 Å². The van der Waals surface area contributed by atoms with Gasteiger partial charge in [0.25, 0.3) is 5.91 Å². The van der Waals surface area contributed by atoms with E-state index in [0.29, 0.717) is 43.9 Å². The molecule has 1 aliphatic heterocycles. The SMILES string of the molecule is Cc1noc(C)c1COc1ccc(C(=O)N2CCC(O)CC2)cc1. The van der Waals surface area contributed by atoms with Crippen molar-refractivity contribution in [1.29, 1.82) is 0 Å². The van der Waals surface area contributed by atoms with Gasteiger partial charge >= 0.3 is 0 Å². The Labute approximate surface area is 141 Å². The molecule has 1 N–H and O–H groups in total. The second-order valence-corrected chi connectivity index (χ2v) is 6.14. The fourth-order valence-corrected chi connectivity index (χ4v) is 2.81. The summed E-state index contributed by atoms with van der Waals surface area (Å²) in [5, 5.41) is 13.4. The van der Waals surface area contributed by atoms with Crippen molar-refractivity contribution >= 4 is 5.91 Å². The van der Waals surface area contributed by atoms with Crippen LogP contribution in [0, 0.1) is 13.8 Å². The molecule has 2 heterocycles. The van der Waals surface area contributed by atoms with E-state index in [2.05, 4.69) is 5.16 Å². The van der Waals surface area contributed by atoms with E-state index in [-0.39, 0.29) is 12.0 Å². The third-order valence-electron chi connectivity index (χ3n) is 4.42. The van der Waals surface area contributed by atoms with E-state index in [1.54, 1.807) is 29.2 Å². The number of piperidine rings is 1. The van der Waals surface area contributed by atoms with Gasteiger partial charge < -0.3 is 19.3 Å². The lowest BCUT2D eigenvalue weighted by Gasteiger charge is -2.29. The number of nitrogens with zero attached hydrogens (tertiary/aromatic N) is 2. The number of likely N-dealkylation sites (tertiary alicyclic amines) is 1. The summed E-state index contributed by atoms with van der Waals surface area (Å²) < 4.78 is 10.9. The van der Waals surface area contributed by atoms with Gasteiger partial charge in [0.15, 0.2) is 0 Å². The minimum atomic E-state index is -0.283. The molecular weight excluding hydrogens is 308 g/mol. The first-order valence-corrected chi connectivity index (χ1v) is 8.16. The maximum atomic E-state index is 12.4. The van der Waals surface area contributed by atoms with E-state index in [4.69, 9.17) is 9.26 Å². The summed E-state index contributed by atoms with van der Waals surface area (Å²) in [5.41, 5.74) is 2.41. The van der Waals surface area contributed by atoms with Crippen molar-refractivity contribution < 1.29 is 19.2 Å². The first-order valence-electron chi connectivity index (χ1n) is 8.16. The van der Waals surface area contributed by atoms with Crippen molar-refractivity contribution in [2.24, 2.45) is 0 Å². The van der Waals surface area contributed by atoms with Crippen LogP contribution in [0.2, 0.25) is 0 Å². The van der Waals surface area contributed by atoms with Crippen LogP contribution in [-0.4, -0.2) is 40.3 Å². The number of rotatable bonds is 4. The van der Waals surface area contributed by atoms with Gasteiger partial charge in [-0.3, -0.25) is 4.79 Å². The number of carbonyl (C=O) groups is 1. The van der Waals surface area contributed by atoms with Crippen molar-refractivity contribution in [1.82, 2.24) is 10.1 Å². The minimum Gasteiger partial charge on any atom is -0.489 e. The molecule has 24 heavy (non-hydrogen) atoms. The second-order valence-electron chi connectivity index (χ2n) is 6.14. The summed E-state index contributed by atoms with van der Waals surface area (Å²) in [6.45, 7) is 5.33. The lowest BCUT2D eigenvalue weighted by molar-refractivity contribution is 0.0546. The molecule has 2 aromatic rings. The monoisotopic (exact) mass is 330 g/mol. The number of ether oxygens (including phenoxy) is 1. The van der Waals surface area contributed by atoms with Crippen molar-refractivity contribution in [3.05, 3.63) is 46.8 Å². The molecule has 1 saturated heterocycles. The third-order valence-corrected chi connectivity index (χ3v) is 4.42. The molecule has 128 valence electrons. The minimum absolute atomic E-state index is 0.000765. The van der Waals surface area contributed by atoms with Gasteiger partial charge in [-0.05, 0) is 51.0 Å². The molecule has 0 radical (unpaired) electrons. The quantitative estimate of drug-likeness (QED) is 0.932. The van der Waals surface area contributed by atoms with Gasteiger partial charge in [-0.2, -0.15) is 0 Å². The molecule has 0 aliphatic carbocycles. The Kier molecular flexibility index (Phi) is 4.85. The smallest absolute Gasteiger partial charge is 0.253 e. The van der Waals surface area contributed by atoms with Crippen LogP contribution in [0.5, 0.6) is 5.75 Å². The highest BCUT2D eigenvalue weighted by Crippen LogP contribution is 2.19. The topological polar surface area (TPSA) is 75.8 Å². The predicted octanol–water partition coefficient (Wildman–Crippen LogP) is 2.47. The highest BCUT2D eigenvalue weighted by Gasteiger charge is 2.22. The molecule has 0 spiro atoms. The average Bonchev–Trinajstić information content (AvgIpc) is 2.92. The van der Waals surface area contributed by atoms with Crippen LogP contribution in [0.4, 0.5) is 0 Å². The zero-order valence-electron chi connectivity index (χ0n) is 14.0. The van der Waals surface area contributed by atoms with Crippen molar-refractivity contribution in [3.63, 3.8) is 0 Å². The molecule has 0 saturated carbocycles. The summed E-state index contributed by atoms with van der Waals surface area (Å²) in [6, 6.07) is 7.14. The Morgan fingerprint density at radius 2 is 1.96 bits per heavy atom. The number of hydrogen-bond acceptors (Lipinski definition) is 5. The van der Waals surface area contributed by atoms with E-state index < -0.39 is 0 Å². The standard InChI is InChI=1S/C18H22N2O4/c1-12-17(13(2)24-19-12)11-23-16-5-3-14(4-6-16)18(22)20-9-7-15(21)8-10-20/h3-6,15,21H,7-11H2,1-2H3. The van der Waals surface area contributed by atoms with Crippen molar-refractivity contribution in [2.75, 3.05) is 13.1 Å². The van der Waals surface area contributed by atoms with Gasteiger partial charge in [-0.1, -0.05) is 5.16 Å². The molecule has 6 nitrogen and oxygen atoms in total. The maximum Gasteiger partial charge on any atom is 0.253 e. The molecule has 0 atom stereocenters. The Bertz CT molecular complexity index is 681. The third kappa shape index (κ3) is 3.59. The van der Waals surface area contributed by atoms with Crippen LogP contribution in [0.1, 0.15) is 40.2 Å².